The molecule has 1 atom stereocenters. The SMILES string of the molecule is Cc1ccccc1N1[C@@H](C)c2cnoc2C12C1CC3CC(C1)CC2C3. The van der Waals surface area contributed by atoms with E-state index in [1.807, 2.05) is 6.20 Å². The number of para-hydroxylation sites is 1. The molecule has 5 aliphatic rings. The first-order valence-corrected chi connectivity index (χ1v) is 9.99. The number of fused-ring (bicyclic) bond motifs is 1. The van der Waals surface area contributed by atoms with Gasteiger partial charge in [0.1, 0.15) is 5.54 Å². The van der Waals surface area contributed by atoms with Crippen LogP contribution in [0.4, 0.5) is 5.69 Å². The van der Waals surface area contributed by atoms with Crippen molar-refractivity contribution in [1.82, 2.24) is 5.16 Å². The average Bonchev–Trinajstić information content (AvgIpc) is 3.15. The van der Waals surface area contributed by atoms with Crippen LogP contribution in [-0.4, -0.2) is 5.16 Å². The summed E-state index contributed by atoms with van der Waals surface area (Å²) in [5, 5.41) is 4.25. The van der Waals surface area contributed by atoms with Crippen LogP contribution in [0.15, 0.2) is 35.0 Å². The van der Waals surface area contributed by atoms with Crippen molar-refractivity contribution >= 4 is 5.69 Å². The van der Waals surface area contributed by atoms with Crippen LogP contribution in [0.2, 0.25) is 0 Å². The van der Waals surface area contributed by atoms with Gasteiger partial charge in [-0.25, -0.2) is 0 Å². The van der Waals surface area contributed by atoms with E-state index in [0.29, 0.717) is 6.04 Å². The zero-order valence-corrected chi connectivity index (χ0v) is 15.1. The van der Waals surface area contributed by atoms with Gasteiger partial charge in [0.2, 0.25) is 0 Å². The molecule has 3 heteroatoms. The number of hydrogen-bond donors (Lipinski definition) is 0. The highest BCUT2D eigenvalue weighted by Crippen LogP contribution is 2.68. The summed E-state index contributed by atoms with van der Waals surface area (Å²) < 4.78 is 6.03. The molecule has 2 aromatic rings. The number of hydrogen-bond acceptors (Lipinski definition) is 3. The van der Waals surface area contributed by atoms with Gasteiger partial charge in [0, 0.05) is 11.3 Å². The van der Waals surface area contributed by atoms with E-state index in [1.54, 1.807) is 0 Å². The molecule has 0 amide bonds. The first kappa shape index (κ1) is 14.4. The summed E-state index contributed by atoms with van der Waals surface area (Å²) >= 11 is 0. The van der Waals surface area contributed by atoms with E-state index in [4.69, 9.17) is 4.52 Å². The van der Waals surface area contributed by atoms with Crippen LogP contribution >= 0.6 is 0 Å². The molecule has 3 nitrogen and oxygen atoms in total. The number of nitrogens with zero attached hydrogens (tertiary/aromatic N) is 2. The van der Waals surface area contributed by atoms with Gasteiger partial charge in [0.25, 0.3) is 0 Å². The topological polar surface area (TPSA) is 29.3 Å². The maximum Gasteiger partial charge on any atom is 0.168 e. The predicted octanol–water partition coefficient (Wildman–Crippen LogP) is 5.22. The Kier molecular flexibility index (Phi) is 2.70. The molecule has 4 bridgehead atoms. The lowest BCUT2D eigenvalue weighted by molar-refractivity contribution is -0.0703. The Labute approximate surface area is 149 Å². The molecule has 0 saturated heterocycles. The molecule has 0 N–H and O–H groups in total. The zero-order chi connectivity index (χ0) is 16.8. The fourth-order valence-corrected chi connectivity index (χ4v) is 7.33. The smallest absolute Gasteiger partial charge is 0.168 e. The Morgan fingerprint density at radius 3 is 2.40 bits per heavy atom. The van der Waals surface area contributed by atoms with Crippen LogP contribution in [0, 0.1) is 30.6 Å². The molecule has 4 saturated carbocycles. The van der Waals surface area contributed by atoms with Gasteiger partial charge in [-0.1, -0.05) is 23.4 Å². The lowest BCUT2D eigenvalue weighted by atomic mass is 9.48. The van der Waals surface area contributed by atoms with Gasteiger partial charge in [-0.05, 0) is 81.3 Å². The lowest BCUT2D eigenvalue weighted by Crippen LogP contribution is -2.62. The maximum absolute atomic E-state index is 6.03. The Balaban J connectivity index is 1.61. The molecule has 0 unspecified atom stereocenters. The minimum Gasteiger partial charge on any atom is -0.358 e. The van der Waals surface area contributed by atoms with E-state index in [9.17, 15) is 0 Å². The largest absolute Gasteiger partial charge is 0.358 e. The second kappa shape index (κ2) is 4.69. The first-order valence-electron chi connectivity index (χ1n) is 9.99. The van der Waals surface area contributed by atoms with Gasteiger partial charge in [0.05, 0.1) is 12.2 Å². The van der Waals surface area contributed by atoms with E-state index < -0.39 is 0 Å². The third kappa shape index (κ3) is 1.61. The molecular formula is C22H26N2O. The Morgan fingerprint density at radius 1 is 1.04 bits per heavy atom. The monoisotopic (exact) mass is 334 g/mol. The molecular weight excluding hydrogens is 308 g/mol. The van der Waals surface area contributed by atoms with Crippen molar-refractivity contribution in [3.8, 4) is 0 Å². The molecule has 1 spiro atoms. The number of aryl methyl sites for hydroxylation is 1. The number of rotatable bonds is 1. The Bertz CT molecular complexity index is 810. The second-order valence-electron chi connectivity index (χ2n) is 9.07. The van der Waals surface area contributed by atoms with Crippen LogP contribution < -0.4 is 4.90 Å². The van der Waals surface area contributed by atoms with Gasteiger partial charge >= 0.3 is 0 Å². The van der Waals surface area contributed by atoms with E-state index in [0.717, 1.165) is 23.7 Å². The molecule has 4 fully saturated rings. The van der Waals surface area contributed by atoms with Gasteiger partial charge in [-0.15, -0.1) is 0 Å². The third-order valence-corrected chi connectivity index (χ3v) is 7.96. The fraction of sp³-hybridized carbons (Fsp3) is 0.591. The summed E-state index contributed by atoms with van der Waals surface area (Å²) in [6, 6.07) is 9.27. The van der Waals surface area contributed by atoms with E-state index in [1.165, 1.54) is 54.7 Å². The van der Waals surface area contributed by atoms with E-state index in [2.05, 4.69) is 48.2 Å². The minimum atomic E-state index is 0.0464. The van der Waals surface area contributed by atoms with Crippen molar-refractivity contribution in [3.05, 3.63) is 47.3 Å². The Hall–Kier alpha value is -1.77. The van der Waals surface area contributed by atoms with Gasteiger partial charge < -0.3 is 9.42 Å². The van der Waals surface area contributed by atoms with Gasteiger partial charge in [-0.2, -0.15) is 0 Å². The molecule has 1 aliphatic heterocycles. The quantitative estimate of drug-likeness (QED) is 0.716. The fourth-order valence-electron chi connectivity index (χ4n) is 7.33. The molecule has 130 valence electrons. The molecule has 0 radical (unpaired) electrons. The number of aromatic nitrogens is 1. The standard InChI is InChI=1S/C22H26N2O/c1-13-5-3-4-6-20(13)24-14(2)19-12-23-25-21(19)22(24)17-8-15-7-16(10-17)11-18(22)9-15/h3-6,12,14-18H,7-11H2,1-2H3/t14-,15?,16?,17?,18?,22?/m0/s1. The predicted molar refractivity (Wildman–Crippen MR) is 97.3 cm³/mol. The number of benzene rings is 1. The second-order valence-corrected chi connectivity index (χ2v) is 9.07. The summed E-state index contributed by atoms with van der Waals surface area (Å²) in [7, 11) is 0. The minimum absolute atomic E-state index is 0.0464. The van der Waals surface area contributed by atoms with Crippen molar-refractivity contribution in [1.29, 1.82) is 0 Å². The highest BCUT2D eigenvalue weighted by molar-refractivity contribution is 5.62. The maximum atomic E-state index is 6.03. The van der Waals surface area contributed by atoms with Crippen molar-refractivity contribution in [2.45, 2.75) is 57.5 Å². The van der Waals surface area contributed by atoms with Crippen LogP contribution in [0.5, 0.6) is 0 Å². The summed E-state index contributed by atoms with van der Waals surface area (Å²) in [5.74, 6) is 4.56. The highest BCUT2D eigenvalue weighted by atomic mass is 16.5. The highest BCUT2D eigenvalue weighted by Gasteiger charge is 2.66. The summed E-state index contributed by atoms with van der Waals surface area (Å²) in [6.07, 6.45) is 8.98. The number of anilines is 1. The Morgan fingerprint density at radius 2 is 1.72 bits per heavy atom. The molecule has 7 rings (SSSR count). The molecule has 1 aromatic heterocycles. The van der Waals surface area contributed by atoms with E-state index in [-0.39, 0.29) is 5.54 Å². The van der Waals surface area contributed by atoms with Crippen LogP contribution in [0.25, 0.3) is 0 Å². The average molecular weight is 334 g/mol. The normalized spacial score (nSPS) is 40.9. The third-order valence-electron chi connectivity index (χ3n) is 7.96. The van der Waals surface area contributed by atoms with Crippen LogP contribution in [0.1, 0.15) is 62.0 Å². The summed E-state index contributed by atoms with van der Waals surface area (Å²) in [5.41, 5.74) is 4.15. The first-order chi connectivity index (χ1) is 12.2. The lowest BCUT2D eigenvalue weighted by Gasteiger charge is -2.62. The molecule has 4 aliphatic carbocycles. The van der Waals surface area contributed by atoms with Gasteiger partial charge in [0.15, 0.2) is 5.76 Å². The van der Waals surface area contributed by atoms with E-state index >= 15 is 0 Å². The van der Waals surface area contributed by atoms with Crippen LogP contribution in [0.3, 0.4) is 0 Å². The molecule has 25 heavy (non-hydrogen) atoms. The van der Waals surface area contributed by atoms with Gasteiger partial charge in [-0.3, -0.25) is 0 Å². The zero-order valence-electron chi connectivity index (χ0n) is 15.1. The molecule has 2 heterocycles. The van der Waals surface area contributed by atoms with Crippen molar-refractivity contribution in [2.24, 2.45) is 23.7 Å². The van der Waals surface area contributed by atoms with Crippen molar-refractivity contribution in [3.63, 3.8) is 0 Å². The molecule has 1 aromatic carbocycles. The summed E-state index contributed by atoms with van der Waals surface area (Å²) in [6.45, 7) is 4.60. The summed E-state index contributed by atoms with van der Waals surface area (Å²) in [4.78, 5) is 2.76. The van der Waals surface area contributed by atoms with Crippen molar-refractivity contribution < 1.29 is 4.52 Å². The van der Waals surface area contributed by atoms with Crippen LogP contribution in [-0.2, 0) is 5.54 Å². The van der Waals surface area contributed by atoms with Crippen molar-refractivity contribution in [2.75, 3.05) is 4.90 Å².